The third-order valence-corrected chi connectivity index (χ3v) is 2.58. The van der Waals surface area contributed by atoms with Crippen LogP contribution in [-0.2, 0) is 11.0 Å². The van der Waals surface area contributed by atoms with Gasteiger partial charge in [-0.05, 0) is 25.1 Å². The van der Waals surface area contributed by atoms with Crippen LogP contribution in [0.4, 0.5) is 18.9 Å². The summed E-state index contributed by atoms with van der Waals surface area (Å²) in [6.07, 6.45) is -5.32. The molecule has 2 N–H and O–H groups in total. The second kappa shape index (κ2) is 6.40. The molecule has 0 spiro atoms. The molecule has 0 radical (unpaired) electrons. The van der Waals surface area contributed by atoms with Crippen molar-refractivity contribution in [3.8, 4) is 0 Å². The second-order valence-corrected chi connectivity index (χ2v) is 4.11. The lowest BCUT2D eigenvalue weighted by atomic mass is 10.0. The van der Waals surface area contributed by atoms with Gasteiger partial charge in [0.05, 0.1) is 12.0 Å². The van der Waals surface area contributed by atoms with Crippen LogP contribution >= 0.6 is 0 Å². The van der Waals surface area contributed by atoms with Crippen LogP contribution in [0.5, 0.6) is 0 Å². The fourth-order valence-electron chi connectivity index (χ4n) is 1.66. The molecule has 0 saturated carbocycles. The minimum Gasteiger partial charge on any atom is -0.481 e. The molecule has 0 saturated heterocycles. The number of carbonyl (C=O) groups is 2. The van der Waals surface area contributed by atoms with E-state index in [1.807, 2.05) is 0 Å². The standard InChI is InChI=1S/C13H14F3NO3/c1-2-17-10-4-3-8(7-9(10)13(14,15)16)11(18)5-6-12(19)20/h3-4,7,17H,2,5-6H2,1H3,(H,19,20). The Morgan fingerprint density at radius 2 is 1.90 bits per heavy atom. The number of alkyl halides is 3. The minimum atomic E-state index is -4.58. The van der Waals surface area contributed by atoms with Crippen molar-refractivity contribution in [1.29, 1.82) is 0 Å². The molecule has 0 atom stereocenters. The molecule has 0 aliphatic rings. The van der Waals surface area contributed by atoms with Gasteiger partial charge in [-0.2, -0.15) is 13.2 Å². The van der Waals surface area contributed by atoms with Gasteiger partial charge in [0.25, 0.3) is 0 Å². The zero-order chi connectivity index (χ0) is 15.3. The lowest BCUT2D eigenvalue weighted by Gasteiger charge is -2.14. The van der Waals surface area contributed by atoms with Gasteiger partial charge in [-0.3, -0.25) is 9.59 Å². The Morgan fingerprint density at radius 3 is 2.40 bits per heavy atom. The fourth-order valence-corrected chi connectivity index (χ4v) is 1.66. The number of carbonyl (C=O) groups excluding carboxylic acids is 1. The molecule has 1 aromatic carbocycles. The first-order valence-electron chi connectivity index (χ1n) is 5.95. The van der Waals surface area contributed by atoms with Crippen molar-refractivity contribution in [2.45, 2.75) is 25.9 Å². The lowest BCUT2D eigenvalue weighted by Crippen LogP contribution is -2.13. The van der Waals surface area contributed by atoms with Gasteiger partial charge in [-0.15, -0.1) is 0 Å². The average Bonchev–Trinajstić information content (AvgIpc) is 2.35. The summed E-state index contributed by atoms with van der Waals surface area (Å²) >= 11 is 0. The third-order valence-electron chi connectivity index (χ3n) is 2.58. The van der Waals surface area contributed by atoms with Crippen LogP contribution in [0.25, 0.3) is 0 Å². The molecule has 7 heteroatoms. The van der Waals surface area contributed by atoms with Gasteiger partial charge in [0.2, 0.25) is 0 Å². The zero-order valence-electron chi connectivity index (χ0n) is 10.8. The maximum absolute atomic E-state index is 12.9. The number of ketones is 1. The second-order valence-electron chi connectivity index (χ2n) is 4.11. The van der Waals surface area contributed by atoms with Crippen molar-refractivity contribution >= 4 is 17.4 Å². The van der Waals surface area contributed by atoms with Gasteiger partial charge in [-0.1, -0.05) is 0 Å². The fraction of sp³-hybridized carbons (Fsp3) is 0.385. The first kappa shape index (κ1) is 16.0. The molecule has 1 rings (SSSR count). The van der Waals surface area contributed by atoms with Crippen LogP contribution in [-0.4, -0.2) is 23.4 Å². The number of nitrogens with one attached hydrogen (secondary N) is 1. The number of hydrogen-bond donors (Lipinski definition) is 2. The molecule has 0 aromatic heterocycles. The normalized spacial score (nSPS) is 11.2. The smallest absolute Gasteiger partial charge is 0.418 e. The van der Waals surface area contributed by atoms with Crippen LogP contribution in [0, 0.1) is 0 Å². The van der Waals surface area contributed by atoms with Crippen molar-refractivity contribution < 1.29 is 27.9 Å². The summed E-state index contributed by atoms with van der Waals surface area (Å²) in [6.45, 7) is 1.97. The van der Waals surface area contributed by atoms with E-state index in [1.165, 1.54) is 12.1 Å². The summed E-state index contributed by atoms with van der Waals surface area (Å²) in [7, 11) is 0. The highest BCUT2D eigenvalue weighted by molar-refractivity contribution is 5.98. The number of aliphatic carboxylic acids is 1. The molecule has 0 heterocycles. The molecule has 1 aromatic rings. The quantitative estimate of drug-likeness (QED) is 0.789. The minimum absolute atomic E-state index is 0.102. The number of Topliss-reactive ketones (excluding diaryl/α,β-unsaturated/α-hetero) is 1. The van der Waals surface area contributed by atoms with E-state index in [4.69, 9.17) is 5.11 Å². The Balaban J connectivity index is 3.06. The Morgan fingerprint density at radius 1 is 1.25 bits per heavy atom. The molecular weight excluding hydrogens is 275 g/mol. The number of anilines is 1. The van der Waals surface area contributed by atoms with E-state index in [9.17, 15) is 22.8 Å². The number of carboxylic acids is 1. The number of rotatable bonds is 6. The van der Waals surface area contributed by atoms with Crippen molar-refractivity contribution in [3.05, 3.63) is 29.3 Å². The highest BCUT2D eigenvalue weighted by atomic mass is 19.4. The Hall–Kier alpha value is -2.05. The monoisotopic (exact) mass is 289 g/mol. The number of halogens is 3. The summed E-state index contributed by atoms with van der Waals surface area (Å²) in [5.74, 6) is -1.79. The first-order chi connectivity index (χ1) is 9.25. The van der Waals surface area contributed by atoms with Crippen LogP contribution in [0.3, 0.4) is 0 Å². The molecular formula is C13H14F3NO3. The van der Waals surface area contributed by atoms with Crippen molar-refractivity contribution in [3.63, 3.8) is 0 Å². The number of benzene rings is 1. The molecule has 4 nitrogen and oxygen atoms in total. The Labute approximate surface area is 113 Å². The van der Waals surface area contributed by atoms with E-state index in [0.29, 0.717) is 6.54 Å². The van der Waals surface area contributed by atoms with Crippen molar-refractivity contribution in [2.24, 2.45) is 0 Å². The Bertz CT molecular complexity index is 512. The van der Waals surface area contributed by atoms with E-state index >= 15 is 0 Å². The van der Waals surface area contributed by atoms with E-state index in [1.54, 1.807) is 6.92 Å². The van der Waals surface area contributed by atoms with Gasteiger partial charge < -0.3 is 10.4 Å². The highest BCUT2D eigenvalue weighted by Crippen LogP contribution is 2.35. The molecule has 0 amide bonds. The summed E-state index contributed by atoms with van der Waals surface area (Å²) in [5, 5.41) is 11.0. The average molecular weight is 289 g/mol. The summed E-state index contributed by atoms with van der Waals surface area (Å²) in [5.41, 5.74) is -1.17. The third kappa shape index (κ3) is 4.25. The summed E-state index contributed by atoms with van der Waals surface area (Å²) < 4.78 is 38.7. The molecule has 0 fully saturated rings. The number of hydrogen-bond acceptors (Lipinski definition) is 3. The van der Waals surface area contributed by atoms with E-state index < -0.39 is 29.9 Å². The molecule has 20 heavy (non-hydrogen) atoms. The van der Waals surface area contributed by atoms with Crippen LogP contribution in [0.15, 0.2) is 18.2 Å². The maximum Gasteiger partial charge on any atom is 0.418 e. The highest BCUT2D eigenvalue weighted by Gasteiger charge is 2.34. The van der Waals surface area contributed by atoms with E-state index in [0.717, 1.165) is 6.07 Å². The SMILES string of the molecule is CCNc1ccc(C(=O)CCC(=O)O)cc1C(F)(F)F. The lowest BCUT2D eigenvalue weighted by molar-refractivity contribution is -0.138. The first-order valence-corrected chi connectivity index (χ1v) is 5.95. The van der Waals surface area contributed by atoms with E-state index in [2.05, 4.69) is 5.32 Å². The topological polar surface area (TPSA) is 66.4 Å². The van der Waals surface area contributed by atoms with Crippen LogP contribution in [0.2, 0.25) is 0 Å². The largest absolute Gasteiger partial charge is 0.481 e. The Kier molecular flexibility index (Phi) is 5.12. The van der Waals surface area contributed by atoms with Gasteiger partial charge >= 0.3 is 12.1 Å². The molecule has 110 valence electrons. The molecule has 0 aliphatic heterocycles. The summed E-state index contributed by atoms with van der Waals surface area (Å²) in [4.78, 5) is 22.0. The van der Waals surface area contributed by atoms with E-state index in [-0.39, 0.29) is 17.7 Å². The van der Waals surface area contributed by atoms with Crippen LogP contribution < -0.4 is 5.32 Å². The summed E-state index contributed by atoms with van der Waals surface area (Å²) in [6, 6.07) is 3.19. The number of carboxylic acid groups (broad SMARTS) is 1. The van der Waals surface area contributed by atoms with Gasteiger partial charge in [0.15, 0.2) is 5.78 Å². The predicted molar refractivity (Wildman–Crippen MR) is 66.8 cm³/mol. The molecule has 0 bridgehead atoms. The zero-order valence-corrected chi connectivity index (χ0v) is 10.8. The van der Waals surface area contributed by atoms with Gasteiger partial charge in [-0.25, -0.2) is 0 Å². The van der Waals surface area contributed by atoms with Gasteiger partial charge in [0, 0.05) is 24.2 Å². The maximum atomic E-state index is 12.9. The predicted octanol–water partition coefficient (Wildman–Crippen LogP) is 3.18. The van der Waals surface area contributed by atoms with Crippen molar-refractivity contribution in [2.75, 3.05) is 11.9 Å². The van der Waals surface area contributed by atoms with Gasteiger partial charge in [0.1, 0.15) is 0 Å². The van der Waals surface area contributed by atoms with Crippen LogP contribution in [0.1, 0.15) is 35.7 Å². The molecule has 0 unspecified atom stereocenters. The van der Waals surface area contributed by atoms with Crippen molar-refractivity contribution in [1.82, 2.24) is 0 Å². The molecule has 0 aliphatic carbocycles.